The first-order chi connectivity index (χ1) is 17.2. The molecule has 0 unspecified atom stereocenters. The summed E-state index contributed by atoms with van der Waals surface area (Å²) in [4.78, 5) is 36.6. The highest BCUT2D eigenvalue weighted by atomic mass is 16.5. The van der Waals surface area contributed by atoms with Gasteiger partial charge in [0.1, 0.15) is 23.5 Å². The lowest BCUT2D eigenvalue weighted by molar-refractivity contribution is 0.0704. The molecule has 0 saturated carbocycles. The van der Waals surface area contributed by atoms with E-state index >= 15 is 0 Å². The molecule has 35 heavy (non-hydrogen) atoms. The second-order valence-electron chi connectivity index (χ2n) is 8.20. The van der Waals surface area contributed by atoms with E-state index in [0.717, 1.165) is 35.4 Å². The number of hydrogen-bond donors (Lipinski definition) is 0. The van der Waals surface area contributed by atoms with Crippen molar-refractivity contribution in [3.8, 4) is 28.5 Å². The first kappa shape index (κ1) is 22.4. The highest BCUT2D eigenvalue weighted by molar-refractivity contribution is 5.95. The summed E-state index contributed by atoms with van der Waals surface area (Å²) in [5.41, 5.74) is 2.88. The maximum Gasteiger partial charge on any atom is 0.255 e. The van der Waals surface area contributed by atoms with E-state index in [1.54, 1.807) is 44.3 Å². The van der Waals surface area contributed by atoms with Gasteiger partial charge in [0.25, 0.3) is 5.91 Å². The normalized spacial score (nSPS) is 15.5. The molecule has 3 aromatic heterocycles. The zero-order valence-electron chi connectivity index (χ0n) is 19.2. The fourth-order valence-electron chi connectivity index (χ4n) is 4.18. The minimum Gasteiger partial charge on any atom is -0.497 e. The molecule has 4 heterocycles. The molecular formula is C26H24N6O3. The van der Waals surface area contributed by atoms with Crippen LogP contribution in [0.3, 0.4) is 0 Å². The molecule has 1 fully saturated rings. The van der Waals surface area contributed by atoms with Crippen LogP contribution >= 0.6 is 0 Å². The molecule has 0 bridgehead atoms. The first-order valence-electron chi connectivity index (χ1n) is 11.3. The first-order valence-corrected chi connectivity index (χ1v) is 11.3. The SMILES string of the molecule is COc1ccc(Oc2nccnc2[C@@H]2CCCN(C(=O)c3cncc(-c4cncnc4)c3)C2)cc1. The number of carbonyl (C=O) groups excluding carboxylic acids is 1. The Labute approximate surface area is 202 Å². The fourth-order valence-corrected chi connectivity index (χ4v) is 4.18. The van der Waals surface area contributed by atoms with Crippen LogP contribution in [0, 0.1) is 0 Å². The lowest BCUT2D eigenvalue weighted by Crippen LogP contribution is -2.39. The smallest absolute Gasteiger partial charge is 0.255 e. The number of pyridine rings is 1. The fraction of sp³-hybridized carbons (Fsp3) is 0.231. The highest BCUT2D eigenvalue weighted by Gasteiger charge is 2.29. The number of aromatic nitrogens is 5. The molecule has 1 amide bonds. The van der Waals surface area contributed by atoms with Crippen LogP contribution < -0.4 is 9.47 Å². The van der Waals surface area contributed by atoms with Gasteiger partial charge in [0.15, 0.2) is 0 Å². The second kappa shape index (κ2) is 10.3. The number of ether oxygens (including phenoxy) is 2. The summed E-state index contributed by atoms with van der Waals surface area (Å²) in [6.45, 7) is 1.19. The van der Waals surface area contributed by atoms with E-state index in [1.807, 2.05) is 35.2 Å². The molecule has 0 aliphatic carbocycles. The van der Waals surface area contributed by atoms with Crippen LogP contribution in [0.4, 0.5) is 0 Å². The van der Waals surface area contributed by atoms with E-state index < -0.39 is 0 Å². The highest BCUT2D eigenvalue weighted by Crippen LogP contribution is 2.33. The standard InChI is InChI=1S/C26H24N6O3/c1-34-22-4-6-23(7-5-22)35-25-24(30-8-9-31-25)18-3-2-10-32(16-18)26(33)20-11-19(12-27-13-20)21-14-28-17-29-15-21/h4-9,11-15,17-18H,2-3,10,16H2,1H3/t18-/m1/s1. The van der Waals surface area contributed by atoms with Gasteiger partial charge in [-0.2, -0.15) is 0 Å². The van der Waals surface area contributed by atoms with Crippen LogP contribution in [0.25, 0.3) is 11.1 Å². The zero-order valence-corrected chi connectivity index (χ0v) is 19.2. The lowest BCUT2D eigenvalue weighted by atomic mass is 9.94. The van der Waals surface area contributed by atoms with Gasteiger partial charge in [-0.05, 0) is 43.2 Å². The van der Waals surface area contributed by atoms with Crippen LogP contribution in [0.5, 0.6) is 17.4 Å². The predicted octanol–water partition coefficient (Wildman–Crippen LogP) is 4.15. The molecule has 5 rings (SSSR count). The molecule has 4 aromatic rings. The van der Waals surface area contributed by atoms with Gasteiger partial charge < -0.3 is 14.4 Å². The summed E-state index contributed by atoms with van der Waals surface area (Å²) < 4.78 is 11.3. The Morgan fingerprint density at radius 1 is 0.943 bits per heavy atom. The number of likely N-dealkylation sites (tertiary alicyclic amines) is 1. The molecule has 0 radical (unpaired) electrons. The number of hydrogen-bond acceptors (Lipinski definition) is 8. The third-order valence-electron chi connectivity index (χ3n) is 5.94. The Bertz CT molecular complexity index is 1300. The minimum atomic E-state index is -0.0672. The Kier molecular flexibility index (Phi) is 6.56. The molecule has 9 heteroatoms. The number of nitrogens with zero attached hydrogens (tertiary/aromatic N) is 6. The van der Waals surface area contributed by atoms with Crippen molar-refractivity contribution >= 4 is 5.91 Å². The van der Waals surface area contributed by atoms with Gasteiger partial charge >= 0.3 is 0 Å². The Balaban J connectivity index is 1.34. The number of amides is 1. The summed E-state index contributed by atoms with van der Waals surface area (Å²) in [5, 5.41) is 0. The molecule has 0 N–H and O–H groups in total. The maximum atomic E-state index is 13.4. The summed E-state index contributed by atoms with van der Waals surface area (Å²) >= 11 is 0. The summed E-state index contributed by atoms with van der Waals surface area (Å²) in [7, 11) is 1.62. The van der Waals surface area contributed by atoms with E-state index in [-0.39, 0.29) is 11.8 Å². The molecule has 1 saturated heterocycles. The van der Waals surface area contributed by atoms with E-state index in [2.05, 4.69) is 24.9 Å². The van der Waals surface area contributed by atoms with E-state index in [4.69, 9.17) is 9.47 Å². The lowest BCUT2D eigenvalue weighted by Gasteiger charge is -2.32. The van der Waals surface area contributed by atoms with Crippen molar-refractivity contribution in [1.82, 2.24) is 29.8 Å². The van der Waals surface area contributed by atoms with Crippen molar-refractivity contribution in [3.05, 3.63) is 85.1 Å². The van der Waals surface area contributed by atoms with Crippen molar-refractivity contribution in [2.75, 3.05) is 20.2 Å². The van der Waals surface area contributed by atoms with E-state index in [1.165, 1.54) is 6.33 Å². The third-order valence-corrected chi connectivity index (χ3v) is 5.94. The monoisotopic (exact) mass is 468 g/mol. The van der Waals surface area contributed by atoms with Gasteiger partial charge in [0, 0.05) is 67.3 Å². The molecule has 1 atom stereocenters. The third kappa shape index (κ3) is 5.08. The van der Waals surface area contributed by atoms with Gasteiger partial charge in [-0.1, -0.05) is 0 Å². The van der Waals surface area contributed by atoms with Gasteiger partial charge in [0.2, 0.25) is 5.88 Å². The number of carbonyl (C=O) groups is 1. The number of benzene rings is 1. The summed E-state index contributed by atoms with van der Waals surface area (Å²) in [5.74, 6) is 1.78. The van der Waals surface area contributed by atoms with Gasteiger partial charge in [0.05, 0.1) is 12.7 Å². The van der Waals surface area contributed by atoms with Crippen LogP contribution in [-0.2, 0) is 0 Å². The Hall–Kier alpha value is -4.40. The summed E-state index contributed by atoms with van der Waals surface area (Å²) in [6.07, 6.45) is 13.2. The Morgan fingerprint density at radius 2 is 1.69 bits per heavy atom. The molecule has 1 aromatic carbocycles. The van der Waals surface area contributed by atoms with Crippen molar-refractivity contribution < 1.29 is 14.3 Å². The van der Waals surface area contributed by atoms with Crippen molar-refractivity contribution in [2.24, 2.45) is 0 Å². The minimum absolute atomic E-state index is 0.00770. The predicted molar refractivity (Wildman–Crippen MR) is 128 cm³/mol. The quantitative estimate of drug-likeness (QED) is 0.416. The summed E-state index contributed by atoms with van der Waals surface area (Å²) in [6, 6.07) is 9.14. The van der Waals surface area contributed by atoms with Gasteiger partial charge in [-0.3, -0.25) is 14.8 Å². The average Bonchev–Trinajstić information content (AvgIpc) is 2.94. The van der Waals surface area contributed by atoms with Crippen molar-refractivity contribution in [1.29, 1.82) is 0 Å². The average molecular weight is 469 g/mol. The second-order valence-corrected chi connectivity index (χ2v) is 8.20. The largest absolute Gasteiger partial charge is 0.497 e. The molecule has 1 aliphatic rings. The van der Waals surface area contributed by atoms with Crippen molar-refractivity contribution in [3.63, 3.8) is 0 Å². The molecule has 176 valence electrons. The Morgan fingerprint density at radius 3 is 2.49 bits per heavy atom. The topological polar surface area (TPSA) is 103 Å². The van der Waals surface area contributed by atoms with Crippen LogP contribution in [-0.4, -0.2) is 55.9 Å². The van der Waals surface area contributed by atoms with Gasteiger partial charge in [-0.25, -0.2) is 15.0 Å². The molecule has 9 nitrogen and oxygen atoms in total. The number of piperidine rings is 1. The number of rotatable bonds is 6. The van der Waals surface area contributed by atoms with Crippen LogP contribution in [0.1, 0.15) is 34.8 Å². The maximum absolute atomic E-state index is 13.4. The van der Waals surface area contributed by atoms with E-state index in [0.29, 0.717) is 30.3 Å². The molecule has 0 spiro atoms. The van der Waals surface area contributed by atoms with Gasteiger partial charge in [-0.15, -0.1) is 0 Å². The molecular weight excluding hydrogens is 444 g/mol. The van der Waals surface area contributed by atoms with Crippen LogP contribution in [0.2, 0.25) is 0 Å². The number of methoxy groups -OCH3 is 1. The molecule has 1 aliphatic heterocycles. The zero-order chi connectivity index (χ0) is 24.0. The van der Waals surface area contributed by atoms with Crippen molar-refractivity contribution in [2.45, 2.75) is 18.8 Å². The van der Waals surface area contributed by atoms with Crippen LogP contribution in [0.15, 0.2) is 73.8 Å². The van der Waals surface area contributed by atoms with E-state index in [9.17, 15) is 4.79 Å².